The first-order valence-corrected chi connectivity index (χ1v) is 14.2. The number of hydrogen-bond donors (Lipinski definition) is 0. The van der Waals surface area contributed by atoms with Crippen LogP contribution in [0.4, 0.5) is 0 Å². The van der Waals surface area contributed by atoms with Gasteiger partial charge in [-0.15, -0.1) is 0 Å². The summed E-state index contributed by atoms with van der Waals surface area (Å²) in [7, 11) is 1.71. The van der Waals surface area contributed by atoms with Crippen molar-refractivity contribution in [3.05, 3.63) is 71.7 Å². The molecule has 0 aliphatic carbocycles. The summed E-state index contributed by atoms with van der Waals surface area (Å²) in [5.74, 6) is 3.53. The Morgan fingerprint density at radius 3 is 2.43 bits per heavy atom. The van der Waals surface area contributed by atoms with Gasteiger partial charge in [0.1, 0.15) is 11.6 Å². The highest BCUT2D eigenvalue weighted by Gasteiger charge is 2.26. The average Bonchev–Trinajstić information content (AvgIpc) is 3.42. The lowest BCUT2D eigenvalue weighted by atomic mass is 9.95. The van der Waals surface area contributed by atoms with Crippen molar-refractivity contribution in [3.63, 3.8) is 0 Å². The molecule has 0 N–H and O–H groups in total. The molecule has 5 rings (SSSR count). The van der Waals surface area contributed by atoms with E-state index in [1.165, 1.54) is 57.4 Å². The predicted molar refractivity (Wildman–Crippen MR) is 156 cm³/mol. The fraction of sp³-hybridized carbons (Fsp3) is 0.531. The molecular weight excluding hydrogens is 456 g/mol. The molecule has 5 heteroatoms. The van der Waals surface area contributed by atoms with E-state index < -0.39 is 0 Å². The Bertz CT molecular complexity index is 1070. The van der Waals surface area contributed by atoms with Crippen molar-refractivity contribution in [2.24, 2.45) is 16.8 Å². The van der Waals surface area contributed by atoms with E-state index in [9.17, 15) is 0 Å². The van der Waals surface area contributed by atoms with E-state index in [1.807, 2.05) is 6.07 Å². The van der Waals surface area contributed by atoms with E-state index >= 15 is 0 Å². The van der Waals surface area contributed by atoms with Gasteiger partial charge in [0, 0.05) is 37.1 Å². The maximum atomic E-state index is 5.50. The topological polar surface area (TPSA) is 31.3 Å². The molecule has 0 radical (unpaired) electrons. The summed E-state index contributed by atoms with van der Waals surface area (Å²) in [5, 5.41) is 0. The van der Waals surface area contributed by atoms with Crippen molar-refractivity contribution >= 4 is 11.5 Å². The van der Waals surface area contributed by atoms with Crippen LogP contribution in [0.15, 0.2) is 65.6 Å². The lowest BCUT2D eigenvalue weighted by molar-refractivity contribution is 0.182. The van der Waals surface area contributed by atoms with Crippen LogP contribution in [-0.4, -0.2) is 60.4 Å². The van der Waals surface area contributed by atoms with Crippen molar-refractivity contribution in [1.29, 1.82) is 0 Å². The largest absolute Gasteiger partial charge is 0.496 e. The normalized spacial score (nSPS) is 20.3. The lowest BCUT2D eigenvalue weighted by Gasteiger charge is -2.38. The summed E-state index contributed by atoms with van der Waals surface area (Å²) in [6.45, 7) is 19.2. The molecule has 0 bridgehead atoms. The maximum absolute atomic E-state index is 5.50. The van der Waals surface area contributed by atoms with Crippen molar-refractivity contribution in [1.82, 2.24) is 14.7 Å². The summed E-state index contributed by atoms with van der Waals surface area (Å²) >= 11 is 0. The van der Waals surface area contributed by atoms with Crippen LogP contribution in [0.5, 0.6) is 5.75 Å². The van der Waals surface area contributed by atoms with Crippen molar-refractivity contribution in [3.8, 4) is 5.75 Å². The molecule has 5 nitrogen and oxygen atoms in total. The van der Waals surface area contributed by atoms with E-state index in [1.54, 1.807) is 7.11 Å². The van der Waals surface area contributed by atoms with Gasteiger partial charge in [-0.1, -0.05) is 45.9 Å². The van der Waals surface area contributed by atoms with E-state index in [4.69, 9.17) is 9.73 Å². The number of hydrogen-bond acceptors (Lipinski definition) is 5. The zero-order chi connectivity index (χ0) is 26.4. The summed E-state index contributed by atoms with van der Waals surface area (Å²) in [6, 6.07) is 6.22. The van der Waals surface area contributed by atoms with Crippen LogP contribution in [0.1, 0.15) is 64.0 Å². The van der Waals surface area contributed by atoms with Gasteiger partial charge in [-0.25, -0.2) is 4.99 Å². The maximum Gasteiger partial charge on any atom is 0.137 e. The van der Waals surface area contributed by atoms with Crippen LogP contribution in [-0.2, 0) is 0 Å². The van der Waals surface area contributed by atoms with E-state index in [0.717, 1.165) is 59.0 Å². The molecule has 0 saturated carbocycles. The van der Waals surface area contributed by atoms with E-state index in [2.05, 4.69) is 85.5 Å². The van der Waals surface area contributed by atoms with Crippen LogP contribution in [0.3, 0.4) is 0 Å². The van der Waals surface area contributed by atoms with Crippen LogP contribution < -0.4 is 4.74 Å². The lowest BCUT2D eigenvalue weighted by Crippen LogP contribution is -2.39. The molecule has 0 aromatic heterocycles. The van der Waals surface area contributed by atoms with Crippen LogP contribution >= 0.6 is 0 Å². The molecule has 0 unspecified atom stereocenters. The van der Waals surface area contributed by atoms with Gasteiger partial charge in [-0.2, -0.15) is 0 Å². The Labute approximate surface area is 224 Å². The quantitative estimate of drug-likeness (QED) is 0.426. The Hall–Kier alpha value is -2.79. The highest BCUT2D eigenvalue weighted by atomic mass is 16.5. The van der Waals surface area contributed by atoms with E-state index in [0.29, 0.717) is 0 Å². The Morgan fingerprint density at radius 1 is 1.08 bits per heavy atom. The summed E-state index contributed by atoms with van der Waals surface area (Å²) in [5.41, 5.74) is 5.29. The number of benzene rings is 1. The minimum absolute atomic E-state index is 0.844. The fourth-order valence-electron chi connectivity index (χ4n) is 5.20. The van der Waals surface area contributed by atoms with Gasteiger partial charge >= 0.3 is 0 Å². The van der Waals surface area contributed by atoms with Gasteiger partial charge in [0.05, 0.1) is 18.5 Å². The standard InChI is InChI=1S/C27H34N4O.C5H12/c1-20-6-7-23(17-26(20)32-3)25-16-21(2)31-19-24(8-9-27(31)28-25)30-14-10-22(11-15-30)18-29-12-4-5-13-29;1-4-5(2)3/h6-9,16-17,19,22H,2,4-5,10-15,18H2,1,3H3;5H,4H2,1-3H3. The van der Waals surface area contributed by atoms with Gasteiger partial charge in [-0.05, 0) is 87.4 Å². The monoisotopic (exact) mass is 502 g/mol. The minimum atomic E-state index is 0.844. The molecule has 4 heterocycles. The number of amidine groups is 1. The third-order valence-electron chi connectivity index (χ3n) is 7.97. The van der Waals surface area contributed by atoms with Crippen LogP contribution in [0.25, 0.3) is 5.70 Å². The summed E-state index contributed by atoms with van der Waals surface area (Å²) < 4.78 is 5.50. The van der Waals surface area contributed by atoms with Crippen molar-refractivity contribution in [2.45, 2.75) is 59.8 Å². The first kappa shape index (κ1) is 27.3. The number of ether oxygens (including phenoxy) is 1. The summed E-state index contributed by atoms with van der Waals surface area (Å²) in [6.07, 6.45) is 15.2. The van der Waals surface area contributed by atoms with Crippen LogP contribution in [0.2, 0.25) is 0 Å². The first-order chi connectivity index (χ1) is 17.9. The number of aliphatic imine (C=N–C) groups is 1. The molecule has 2 fully saturated rings. The molecule has 1 aromatic carbocycles. The molecule has 0 atom stereocenters. The molecule has 200 valence electrons. The first-order valence-electron chi connectivity index (χ1n) is 14.2. The SMILES string of the molecule is C=C1C=C(c2ccc(C)c(OC)c2)N=C2C=CC(N3CCC(CN4CCCC4)CC3)=CN12.CCC(C)C. The molecule has 37 heavy (non-hydrogen) atoms. The molecule has 2 saturated heterocycles. The number of methoxy groups -OCH3 is 1. The average molecular weight is 503 g/mol. The highest BCUT2D eigenvalue weighted by Crippen LogP contribution is 2.32. The molecular formula is C32H46N4O. The Kier molecular flexibility index (Phi) is 9.31. The van der Waals surface area contributed by atoms with Gasteiger partial charge < -0.3 is 19.4 Å². The Morgan fingerprint density at radius 2 is 1.78 bits per heavy atom. The third kappa shape index (κ3) is 6.95. The second-order valence-corrected chi connectivity index (χ2v) is 11.2. The fourth-order valence-corrected chi connectivity index (χ4v) is 5.20. The van der Waals surface area contributed by atoms with Crippen molar-refractivity contribution in [2.75, 3.05) is 39.8 Å². The molecule has 4 aliphatic heterocycles. The molecule has 0 spiro atoms. The summed E-state index contributed by atoms with van der Waals surface area (Å²) in [4.78, 5) is 12.2. The number of nitrogens with zero attached hydrogens (tertiary/aromatic N) is 4. The minimum Gasteiger partial charge on any atom is -0.496 e. The molecule has 4 aliphatic rings. The predicted octanol–water partition coefficient (Wildman–Crippen LogP) is 6.84. The number of fused-ring (bicyclic) bond motifs is 1. The number of piperidine rings is 1. The van der Waals surface area contributed by atoms with Gasteiger partial charge in [-0.3, -0.25) is 0 Å². The number of allylic oxidation sites excluding steroid dienone is 2. The Balaban J connectivity index is 0.000000586. The van der Waals surface area contributed by atoms with Gasteiger partial charge in [0.25, 0.3) is 0 Å². The third-order valence-corrected chi connectivity index (χ3v) is 7.97. The molecule has 1 aromatic rings. The second-order valence-electron chi connectivity index (χ2n) is 11.2. The van der Waals surface area contributed by atoms with Crippen LogP contribution in [0, 0.1) is 18.8 Å². The van der Waals surface area contributed by atoms with Crippen molar-refractivity contribution < 1.29 is 4.74 Å². The van der Waals surface area contributed by atoms with E-state index in [-0.39, 0.29) is 0 Å². The van der Waals surface area contributed by atoms with Gasteiger partial charge in [0.2, 0.25) is 0 Å². The zero-order valence-electron chi connectivity index (χ0n) is 23.7. The number of aryl methyl sites for hydroxylation is 1. The zero-order valence-corrected chi connectivity index (χ0v) is 23.7. The second kappa shape index (κ2) is 12.6. The number of rotatable bonds is 6. The highest BCUT2D eigenvalue weighted by molar-refractivity contribution is 6.02. The molecule has 0 amide bonds. The number of likely N-dealkylation sites (tertiary alicyclic amines) is 2. The smallest absolute Gasteiger partial charge is 0.137 e. The van der Waals surface area contributed by atoms with Gasteiger partial charge in [0.15, 0.2) is 0 Å².